The van der Waals surface area contributed by atoms with Crippen LogP contribution in [0.5, 0.6) is 0 Å². The summed E-state index contributed by atoms with van der Waals surface area (Å²) in [4.78, 5) is 20.1. The molecule has 110 valence electrons. The Bertz CT molecular complexity index is 1110. The summed E-state index contributed by atoms with van der Waals surface area (Å²) >= 11 is 0. The third-order valence-electron chi connectivity index (χ3n) is 4.20. The van der Waals surface area contributed by atoms with Crippen LogP contribution in [0.1, 0.15) is 16.1 Å². The smallest absolute Gasteiger partial charge is 0.211 e. The van der Waals surface area contributed by atoms with Crippen molar-refractivity contribution in [1.82, 2.24) is 14.5 Å². The molecule has 0 aliphatic carbocycles. The standard InChI is InChI=1S/C18H10FN3O/c19-10-6-7-13-14(9-10)21-18(20-13)12-4-1-3-11-16(12)22-8-2-5-15(22)17(11)23/h1-9H,(H,20,21). The highest BCUT2D eigenvalue weighted by Gasteiger charge is 2.29. The van der Waals surface area contributed by atoms with Crippen molar-refractivity contribution in [2.24, 2.45) is 0 Å². The fourth-order valence-corrected chi connectivity index (χ4v) is 3.19. The van der Waals surface area contributed by atoms with E-state index in [1.165, 1.54) is 12.1 Å². The molecule has 2 aromatic carbocycles. The summed E-state index contributed by atoms with van der Waals surface area (Å²) in [5.74, 6) is 0.319. The number of ketones is 1. The van der Waals surface area contributed by atoms with E-state index in [-0.39, 0.29) is 11.6 Å². The van der Waals surface area contributed by atoms with Gasteiger partial charge in [-0.1, -0.05) is 6.07 Å². The monoisotopic (exact) mass is 303 g/mol. The van der Waals surface area contributed by atoms with Gasteiger partial charge >= 0.3 is 0 Å². The maximum atomic E-state index is 13.4. The molecule has 0 atom stereocenters. The van der Waals surface area contributed by atoms with Gasteiger partial charge in [0.25, 0.3) is 0 Å². The molecule has 0 amide bonds. The lowest BCUT2D eigenvalue weighted by atomic mass is 10.0. The minimum atomic E-state index is -0.311. The number of hydrogen-bond donors (Lipinski definition) is 1. The second-order valence-corrected chi connectivity index (χ2v) is 5.54. The van der Waals surface area contributed by atoms with Gasteiger partial charge in [-0.25, -0.2) is 9.37 Å². The van der Waals surface area contributed by atoms with E-state index in [1.807, 2.05) is 35.0 Å². The molecule has 0 saturated heterocycles. The quantitative estimate of drug-likeness (QED) is 0.513. The number of nitrogens with zero attached hydrogens (tertiary/aromatic N) is 2. The predicted octanol–water partition coefficient (Wildman–Crippen LogP) is 3.70. The van der Waals surface area contributed by atoms with Gasteiger partial charge in [-0.05, 0) is 42.5 Å². The van der Waals surface area contributed by atoms with E-state index in [2.05, 4.69) is 9.97 Å². The molecular formula is C18H10FN3O. The van der Waals surface area contributed by atoms with Gasteiger partial charge in [0.15, 0.2) is 0 Å². The van der Waals surface area contributed by atoms with Crippen molar-refractivity contribution in [2.45, 2.75) is 0 Å². The highest BCUT2D eigenvalue weighted by atomic mass is 19.1. The molecule has 1 N–H and O–H groups in total. The molecule has 4 nitrogen and oxygen atoms in total. The molecule has 0 unspecified atom stereocenters. The zero-order valence-corrected chi connectivity index (χ0v) is 11.9. The third kappa shape index (κ3) is 1.59. The third-order valence-corrected chi connectivity index (χ3v) is 4.20. The molecule has 23 heavy (non-hydrogen) atoms. The lowest BCUT2D eigenvalue weighted by Gasteiger charge is -2.07. The van der Waals surface area contributed by atoms with Crippen molar-refractivity contribution in [2.75, 3.05) is 0 Å². The Morgan fingerprint density at radius 2 is 1.91 bits per heavy atom. The molecule has 0 fully saturated rings. The lowest BCUT2D eigenvalue weighted by molar-refractivity contribution is 0.104. The fraction of sp³-hybridized carbons (Fsp3) is 0. The summed E-state index contributed by atoms with van der Waals surface area (Å²) in [6.07, 6.45) is 1.87. The number of para-hydroxylation sites is 1. The van der Waals surface area contributed by atoms with E-state index < -0.39 is 0 Å². The van der Waals surface area contributed by atoms with Gasteiger partial charge < -0.3 is 9.55 Å². The van der Waals surface area contributed by atoms with Gasteiger partial charge in [0.1, 0.15) is 11.6 Å². The minimum Gasteiger partial charge on any atom is -0.338 e. The number of halogens is 1. The van der Waals surface area contributed by atoms with Crippen LogP contribution in [0.4, 0.5) is 4.39 Å². The van der Waals surface area contributed by atoms with Gasteiger partial charge in [0.05, 0.1) is 22.4 Å². The highest BCUT2D eigenvalue weighted by molar-refractivity contribution is 6.15. The van der Waals surface area contributed by atoms with E-state index in [4.69, 9.17) is 0 Å². The Hall–Kier alpha value is -3.21. The molecule has 0 saturated carbocycles. The first-order chi connectivity index (χ1) is 11.2. The predicted molar refractivity (Wildman–Crippen MR) is 84.2 cm³/mol. The van der Waals surface area contributed by atoms with E-state index >= 15 is 0 Å². The summed E-state index contributed by atoms with van der Waals surface area (Å²) < 4.78 is 15.3. The van der Waals surface area contributed by atoms with Gasteiger partial charge in [-0.2, -0.15) is 0 Å². The number of carbonyl (C=O) groups excluding carboxylic acids is 1. The lowest BCUT2D eigenvalue weighted by Crippen LogP contribution is -1.95. The Morgan fingerprint density at radius 3 is 2.83 bits per heavy atom. The molecule has 0 bridgehead atoms. The van der Waals surface area contributed by atoms with Crippen LogP contribution in [0.15, 0.2) is 54.7 Å². The van der Waals surface area contributed by atoms with Crippen molar-refractivity contribution >= 4 is 16.8 Å². The van der Waals surface area contributed by atoms with Gasteiger partial charge in [0, 0.05) is 17.3 Å². The number of rotatable bonds is 1. The number of hydrogen-bond acceptors (Lipinski definition) is 2. The zero-order chi connectivity index (χ0) is 15.6. The SMILES string of the molecule is O=C1c2cccc(-c3nc4ccc(F)cc4[nH]3)c2-n2cccc21. The minimum absolute atomic E-state index is 0.00834. The number of benzene rings is 2. The maximum absolute atomic E-state index is 13.4. The Kier molecular flexibility index (Phi) is 2.24. The molecule has 1 aliphatic rings. The van der Waals surface area contributed by atoms with Crippen LogP contribution in [0.2, 0.25) is 0 Å². The van der Waals surface area contributed by atoms with Crippen LogP contribution >= 0.6 is 0 Å². The zero-order valence-electron chi connectivity index (χ0n) is 11.9. The van der Waals surface area contributed by atoms with Crippen molar-refractivity contribution in [1.29, 1.82) is 0 Å². The number of aromatic amines is 1. The van der Waals surface area contributed by atoms with E-state index in [0.717, 1.165) is 11.3 Å². The molecular weight excluding hydrogens is 293 g/mol. The number of imidazole rings is 1. The summed E-state index contributed by atoms with van der Waals surface area (Å²) in [5.41, 5.74) is 4.27. The van der Waals surface area contributed by atoms with Crippen molar-refractivity contribution < 1.29 is 9.18 Å². The first-order valence-electron chi connectivity index (χ1n) is 7.23. The summed E-state index contributed by atoms with van der Waals surface area (Å²) in [6, 6.07) is 13.7. The molecule has 3 heterocycles. The van der Waals surface area contributed by atoms with Crippen LogP contribution in [0.3, 0.4) is 0 Å². The summed E-state index contributed by atoms with van der Waals surface area (Å²) in [6.45, 7) is 0. The van der Waals surface area contributed by atoms with Crippen molar-refractivity contribution in [3.05, 3.63) is 71.8 Å². The second kappa shape index (κ2) is 4.16. The largest absolute Gasteiger partial charge is 0.338 e. The Morgan fingerprint density at radius 1 is 1.04 bits per heavy atom. The molecule has 5 heteroatoms. The topological polar surface area (TPSA) is 50.7 Å². The maximum Gasteiger partial charge on any atom is 0.211 e. The van der Waals surface area contributed by atoms with Crippen molar-refractivity contribution in [3.63, 3.8) is 0 Å². The van der Waals surface area contributed by atoms with Gasteiger partial charge in [-0.3, -0.25) is 4.79 Å². The average Bonchev–Trinajstić information content (AvgIpc) is 3.24. The average molecular weight is 303 g/mol. The van der Waals surface area contributed by atoms with Crippen LogP contribution < -0.4 is 0 Å². The van der Waals surface area contributed by atoms with Gasteiger partial charge in [0.2, 0.25) is 5.78 Å². The number of nitrogens with one attached hydrogen (secondary N) is 1. The number of fused-ring (bicyclic) bond motifs is 4. The van der Waals surface area contributed by atoms with E-state index in [9.17, 15) is 9.18 Å². The van der Waals surface area contributed by atoms with E-state index in [0.29, 0.717) is 28.1 Å². The molecule has 4 aromatic rings. The Balaban J connectivity index is 1.81. The first kappa shape index (κ1) is 12.3. The molecule has 2 aromatic heterocycles. The normalized spacial score (nSPS) is 12.7. The molecule has 5 rings (SSSR count). The second-order valence-electron chi connectivity index (χ2n) is 5.54. The molecule has 0 spiro atoms. The number of carbonyl (C=O) groups is 1. The molecule has 1 aliphatic heterocycles. The van der Waals surface area contributed by atoms with Crippen LogP contribution in [0, 0.1) is 5.82 Å². The highest BCUT2D eigenvalue weighted by Crippen LogP contribution is 2.35. The Labute approximate surface area is 130 Å². The first-order valence-corrected chi connectivity index (χ1v) is 7.23. The summed E-state index contributed by atoms with van der Waals surface area (Å²) in [7, 11) is 0. The van der Waals surface area contributed by atoms with E-state index in [1.54, 1.807) is 12.1 Å². The fourth-order valence-electron chi connectivity index (χ4n) is 3.19. The van der Waals surface area contributed by atoms with Crippen LogP contribution in [0.25, 0.3) is 28.1 Å². The number of aromatic nitrogens is 3. The summed E-state index contributed by atoms with van der Waals surface area (Å²) in [5, 5.41) is 0. The van der Waals surface area contributed by atoms with Crippen LogP contribution in [-0.2, 0) is 0 Å². The van der Waals surface area contributed by atoms with Crippen molar-refractivity contribution in [3.8, 4) is 17.1 Å². The number of H-pyrrole nitrogens is 1. The van der Waals surface area contributed by atoms with Gasteiger partial charge in [-0.15, -0.1) is 0 Å². The molecule has 0 radical (unpaired) electrons. The van der Waals surface area contributed by atoms with Crippen LogP contribution in [-0.4, -0.2) is 20.3 Å².